The highest BCUT2D eigenvalue weighted by Gasteiger charge is 2.42. The molecule has 1 aromatic rings. The van der Waals surface area contributed by atoms with Crippen LogP contribution in [0.4, 0.5) is 11.4 Å². The van der Waals surface area contributed by atoms with E-state index in [1.807, 2.05) is 0 Å². The first-order valence-corrected chi connectivity index (χ1v) is 6.38. The molecule has 8 heteroatoms. The molecule has 21 heavy (non-hydrogen) atoms. The molecule has 1 aliphatic rings. The minimum atomic E-state index is -1.35. The molecule has 0 fully saturated rings. The lowest BCUT2D eigenvalue weighted by Crippen LogP contribution is -2.67. The number of anilines is 2. The van der Waals surface area contributed by atoms with Crippen LogP contribution in [0.15, 0.2) is 12.1 Å². The van der Waals surface area contributed by atoms with Gasteiger partial charge in [-0.3, -0.25) is 20.2 Å². The van der Waals surface area contributed by atoms with E-state index in [-0.39, 0.29) is 0 Å². The average Bonchev–Trinajstić information content (AvgIpc) is 2.45. The van der Waals surface area contributed by atoms with E-state index >= 15 is 0 Å². The Labute approximate surface area is 122 Å². The summed E-state index contributed by atoms with van der Waals surface area (Å²) >= 11 is 0. The number of esters is 1. The van der Waals surface area contributed by atoms with Crippen molar-refractivity contribution in [2.75, 3.05) is 31.8 Å². The molecular weight excluding hydrogens is 276 g/mol. The first kappa shape index (κ1) is 15.1. The second kappa shape index (κ2) is 5.58. The average molecular weight is 294 g/mol. The Kier molecular flexibility index (Phi) is 4.01. The minimum Gasteiger partial charge on any atom is -0.448 e. The molecule has 1 aliphatic heterocycles. The quantitative estimate of drug-likeness (QED) is 0.354. The minimum absolute atomic E-state index is 0.314. The summed E-state index contributed by atoms with van der Waals surface area (Å²) in [6, 6.07) is 3.19. The molecule has 4 N–H and O–H groups in total. The number of hydrogen-bond acceptors (Lipinski definition) is 7. The van der Waals surface area contributed by atoms with Gasteiger partial charge >= 0.3 is 11.9 Å². The van der Waals surface area contributed by atoms with Gasteiger partial charge in [0.25, 0.3) is 5.85 Å². The Morgan fingerprint density at radius 2 is 1.95 bits per heavy atom. The van der Waals surface area contributed by atoms with E-state index in [0.717, 1.165) is 0 Å². The number of nitrogens with one attached hydrogen (secondary N) is 4. The molecule has 1 amide bonds. The van der Waals surface area contributed by atoms with Crippen molar-refractivity contribution < 1.29 is 19.1 Å². The van der Waals surface area contributed by atoms with Gasteiger partial charge in [0.2, 0.25) is 0 Å². The molecule has 8 nitrogen and oxygen atoms in total. The Balaban J connectivity index is 2.46. The molecule has 0 saturated carbocycles. The highest BCUT2D eigenvalue weighted by molar-refractivity contribution is 6.01. The Morgan fingerprint density at radius 3 is 2.48 bits per heavy atom. The largest absolute Gasteiger partial charge is 0.448 e. The van der Waals surface area contributed by atoms with Crippen LogP contribution in [0.25, 0.3) is 0 Å². The van der Waals surface area contributed by atoms with E-state index in [2.05, 4.69) is 21.3 Å². The smallest absolute Gasteiger partial charge is 0.308 e. The van der Waals surface area contributed by atoms with Gasteiger partial charge in [0.15, 0.2) is 5.75 Å². The lowest BCUT2D eigenvalue weighted by Gasteiger charge is -2.36. The maximum Gasteiger partial charge on any atom is 0.308 e. The summed E-state index contributed by atoms with van der Waals surface area (Å²) in [7, 11) is 4.90. The number of amides is 1. The van der Waals surface area contributed by atoms with Crippen molar-refractivity contribution in [2.24, 2.45) is 0 Å². The fraction of sp³-hybridized carbons (Fsp3) is 0.385. The van der Waals surface area contributed by atoms with E-state index in [9.17, 15) is 9.59 Å². The van der Waals surface area contributed by atoms with Gasteiger partial charge in [-0.25, -0.2) is 0 Å². The van der Waals surface area contributed by atoms with Gasteiger partial charge in [0.05, 0.1) is 11.4 Å². The second-order valence-corrected chi connectivity index (χ2v) is 4.43. The summed E-state index contributed by atoms with van der Waals surface area (Å²) in [6.45, 7) is 1.31. The zero-order chi connectivity index (χ0) is 15.6. The highest BCUT2D eigenvalue weighted by Crippen LogP contribution is 2.40. The number of rotatable bonds is 4. The number of carbonyl (C=O) groups is 2. The van der Waals surface area contributed by atoms with Crippen molar-refractivity contribution in [2.45, 2.75) is 12.8 Å². The molecule has 1 aromatic carbocycles. The number of likely N-dealkylation sites (N-methyl/N-ethyl adjacent to an activating group) is 2. The first-order chi connectivity index (χ1) is 9.95. The van der Waals surface area contributed by atoms with Crippen LogP contribution < -0.4 is 30.7 Å². The van der Waals surface area contributed by atoms with Crippen LogP contribution in [0.5, 0.6) is 11.5 Å². The summed E-state index contributed by atoms with van der Waals surface area (Å²) < 4.78 is 10.8. The van der Waals surface area contributed by atoms with Gasteiger partial charge in [-0.05, 0) is 14.1 Å². The maximum absolute atomic E-state index is 12.1. The summed E-state index contributed by atoms with van der Waals surface area (Å²) in [5.74, 6) is -1.44. The van der Waals surface area contributed by atoms with Crippen molar-refractivity contribution in [3.8, 4) is 11.5 Å². The maximum atomic E-state index is 12.1. The zero-order valence-corrected chi connectivity index (χ0v) is 12.3. The van der Waals surface area contributed by atoms with Crippen LogP contribution in [0.1, 0.15) is 6.92 Å². The highest BCUT2D eigenvalue weighted by atomic mass is 16.5. The molecule has 0 unspecified atom stereocenters. The Hall–Kier alpha value is -2.32. The standard InChI is InChI=1S/C13H18N4O4/c1-7(18)20-10-6-9-11(5-8(10)14-2)21-13(15-3,16-4)12(19)17-9/h5-6,14-16H,1-4H3,(H,17,19). The van der Waals surface area contributed by atoms with Gasteiger partial charge in [0.1, 0.15) is 5.75 Å². The van der Waals surface area contributed by atoms with E-state index in [0.29, 0.717) is 22.9 Å². The van der Waals surface area contributed by atoms with Crippen molar-refractivity contribution in [3.63, 3.8) is 0 Å². The Bertz CT molecular complexity index is 584. The summed E-state index contributed by atoms with van der Waals surface area (Å²) in [5.41, 5.74) is 0.998. The number of fused-ring (bicyclic) bond motifs is 1. The van der Waals surface area contributed by atoms with Crippen LogP contribution in [0, 0.1) is 0 Å². The molecular formula is C13H18N4O4. The molecule has 0 bridgehead atoms. The number of carbonyl (C=O) groups excluding carboxylic acids is 2. The van der Waals surface area contributed by atoms with Crippen LogP contribution in [0.3, 0.4) is 0 Å². The normalized spacial score (nSPS) is 15.5. The van der Waals surface area contributed by atoms with E-state index in [1.165, 1.54) is 13.0 Å². The third-order valence-corrected chi connectivity index (χ3v) is 3.14. The molecule has 0 radical (unpaired) electrons. The van der Waals surface area contributed by atoms with Gasteiger partial charge in [-0.15, -0.1) is 0 Å². The molecule has 0 aliphatic carbocycles. The molecule has 0 aromatic heterocycles. The number of ether oxygens (including phenoxy) is 2. The monoisotopic (exact) mass is 294 g/mol. The van der Waals surface area contributed by atoms with E-state index in [1.54, 1.807) is 27.2 Å². The third kappa shape index (κ3) is 2.63. The SMILES string of the molecule is CNc1cc2c(cc1OC(C)=O)NC(=O)C(NC)(NC)O2. The topological polar surface area (TPSA) is 101 Å². The van der Waals surface area contributed by atoms with Crippen molar-refractivity contribution in [1.29, 1.82) is 0 Å². The molecule has 0 spiro atoms. The molecule has 114 valence electrons. The lowest BCUT2D eigenvalue weighted by atomic mass is 10.2. The van der Waals surface area contributed by atoms with Crippen LogP contribution in [-0.2, 0) is 9.59 Å². The molecule has 0 atom stereocenters. The summed E-state index contributed by atoms with van der Waals surface area (Å²) in [6.07, 6.45) is 0. The second-order valence-electron chi connectivity index (χ2n) is 4.43. The fourth-order valence-electron chi connectivity index (χ4n) is 2.05. The fourth-order valence-corrected chi connectivity index (χ4v) is 2.05. The zero-order valence-electron chi connectivity index (χ0n) is 12.3. The first-order valence-electron chi connectivity index (χ1n) is 6.38. The molecule has 1 heterocycles. The Morgan fingerprint density at radius 1 is 1.29 bits per heavy atom. The summed E-state index contributed by atoms with van der Waals surface area (Å²) in [4.78, 5) is 23.3. The van der Waals surface area contributed by atoms with Gasteiger partial charge in [-0.2, -0.15) is 0 Å². The van der Waals surface area contributed by atoms with Crippen LogP contribution in [0.2, 0.25) is 0 Å². The van der Waals surface area contributed by atoms with E-state index in [4.69, 9.17) is 9.47 Å². The third-order valence-electron chi connectivity index (χ3n) is 3.14. The molecule has 0 saturated heterocycles. The van der Waals surface area contributed by atoms with Crippen LogP contribution in [-0.4, -0.2) is 38.9 Å². The summed E-state index contributed by atoms with van der Waals surface area (Å²) in [5, 5.41) is 11.2. The van der Waals surface area contributed by atoms with E-state index < -0.39 is 17.7 Å². The lowest BCUT2D eigenvalue weighted by molar-refractivity contribution is -0.138. The molecule has 2 rings (SSSR count). The van der Waals surface area contributed by atoms with Crippen molar-refractivity contribution >= 4 is 23.3 Å². The van der Waals surface area contributed by atoms with Crippen molar-refractivity contribution in [1.82, 2.24) is 10.6 Å². The van der Waals surface area contributed by atoms with Gasteiger partial charge in [-0.1, -0.05) is 0 Å². The predicted octanol–water partition coefficient (Wildman–Crippen LogP) is 0.0771. The number of hydrogen-bond donors (Lipinski definition) is 4. The van der Waals surface area contributed by atoms with Crippen LogP contribution >= 0.6 is 0 Å². The van der Waals surface area contributed by atoms with Gasteiger partial charge < -0.3 is 20.1 Å². The van der Waals surface area contributed by atoms with Gasteiger partial charge in [0, 0.05) is 26.1 Å². The predicted molar refractivity (Wildman–Crippen MR) is 77.4 cm³/mol. The van der Waals surface area contributed by atoms with Crippen molar-refractivity contribution in [3.05, 3.63) is 12.1 Å². The number of benzene rings is 1.